The average Bonchev–Trinajstić information content (AvgIpc) is 3.01. The summed E-state index contributed by atoms with van der Waals surface area (Å²) in [5.41, 5.74) is 4.08. The van der Waals surface area contributed by atoms with Crippen molar-refractivity contribution in [3.8, 4) is 0 Å². The van der Waals surface area contributed by atoms with E-state index >= 15 is 0 Å². The molecule has 1 saturated heterocycles. The van der Waals surface area contributed by atoms with Gasteiger partial charge in [0, 0.05) is 24.0 Å². The van der Waals surface area contributed by atoms with Crippen molar-refractivity contribution in [2.75, 3.05) is 20.2 Å². The molecule has 0 saturated carbocycles. The van der Waals surface area contributed by atoms with Crippen molar-refractivity contribution in [3.05, 3.63) is 35.1 Å². The number of carbonyl (C=O) groups is 2. The Bertz CT molecular complexity index is 769. The Morgan fingerprint density at radius 1 is 1.25 bits per heavy atom. The van der Waals surface area contributed by atoms with Crippen molar-refractivity contribution in [2.24, 2.45) is 5.92 Å². The van der Waals surface area contributed by atoms with Gasteiger partial charge in [-0.2, -0.15) is 0 Å². The SMILES string of the molecule is COC(=O)C1CCN(C(=O)Cc2coc3c(C)c(C)ccc23)CC1. The maximum atomic E-state index is 12.6. The lowest BCUT2D eigenvalue weighted by atomic mass is 9.96. The van der Waals surface area contributed by atoms with Crippen LogP contribution in [0.4, 0.5) is 0 Å². The number of methoxy groups -OCH3 is 1. The van der Waals surface area contributed by atoms with E-state index in [0.717, 1.165) is 22.1 Å². The highest BCUT2D eigenvalue weighted by Crippen LogP contribution is 2.27. The number of likely N-dealkylation sites (tertiary alicyclic amines) is 1. The second kappa shape index (κ2) is 6.67. The van der Waals surface area contributed by atoms with Crippen LogP contribution in [-0.4, -0.2) is 37.0 Å². The van der Waals surface area contributed by atoms with Gasteiger partial charge in [-0.15, -0.1) is 0 Å². The Balaban J connectivity index is 1.68. The molecule has 5 heteroatoms. The number of furan rings is 1. The molecule has 128 valence electrons. The summed E-state index contributed by atoms with van der Waals surface area (Å²) in [6.45, 7) is 5.29. The van der Waals surface area contributed by atoms with Gasteiger partial charge in [-0.25, -0.2) is 0 Å². The van der Waals surface area contributed by atoms with Gasteiger partial charge in [-0.3, -0.25) is 9.59 Å². The number of fused-ring (bicyclic) bond motifs is 1. The molecule has 1 aromatic carbocycles. The Hall–Kier alpha value is -2.30. The predicted molar refractivity (Wildman–Crippen MR) is 90.7 cm³/mol. The van der Waals surface area contributed by atoms with Crippen LogP contribution in [0.1, 0.15) is 29.5 Å². The average molecular weight is 329 g/mol. The van der Waals surface area contributed by atoms with Crippen LogP contribution in [0.2, 0.25) is 0 Å². The zero-order chi connectivity index (χ0) is 17.3. The molecule has 1 fully saturated rings. The molecule has 2 aromatic rings. The molecule has 3 rings (SSSR count). The topological polar surface area (TPSA) is 59.8 Å². The van der Waals surface area contributed by atoms with E-state index in [2.05, 4.69) is 6.07 Å². The molecule has 0 aliphatic carbocycles. The minimum absolute atomic E-state index is 0.0826. The lowest BCUT2D eigenvalue weighted by Crippen LogP contribution is -2.41. The lowest BCUT2D eigenvalue weighted by molar-refractivity contribution is -0.148. The van der Waals surface area contributed by atoms with Crippen LogP contribution in [0.5, 0.6) is 0 Å². The van der Waals surface area contributed by atoms with Crippen molar-refractivity contribution in [1.82, 2.24) is 4.90 Å². The van der Waals surface area contributed by atoms with Crippen LogP contribution < -0.4 is 0 Å². The van der Waals surface area contributed by atoms with E-state index in [-0.39, 0.29) is 17.8 Å². The number of rotatable bonds is 3. The summed E-state index contributed by atoms with van der Waals surface area (Å²) < 4.78 is 10.5. The molecule has 1 amide bonds. The van der Waals surface area contributed by atoms with E-state index in [1.165, 1.54) is 12.7 Å². The Labute approximate surface area is 141 Å². The number of carbonyl (C=O) groups excluding carboxylic acids is 2. The largest absolute Gasteiger partial charge is 0.469 e. The summed E-state index contributed by atoms with van der Waals surface area (Å²) >= 11 is 0. The van der Waals surface area contributed by atoms with Crippen LogP contribution in [-0.2, 0) is 20.7 Å². The van der Waals surface area contributed by atoms with Crippen molar-refractivity contribution >= 4 is 22.8 Å². The van der Waals surface area contributed by atoms with Crippen molar-refractivity contribution in [2.45, 2.75) is 33.1 Å². The van der Waals surface area contributed by atoms with E-state index in [1.807, 2.05) is 24.8 Å². The van der Waals surface area contributed by atoms with Gasteiger partial charge in [0.1, 0.15) is 5.58 Å². The van der Waals surface area contributed by atoms with Crippen molar-refractivity contribution < 1.29 is 18.7 Å². The number of aryl methyl sites for hydroxylation is 2. The number of esters is 1. The van der Waals surface area contributed by atoms with Gasteiger partial charge in [0.15, 0.2) is 0 Å². The monoisotopic (exact) mass is 329 g/mol. The van der Waals surface area contributed by atoms with Gasteiger partial charge in [-0.1, -0.05) is 12.1 Å². The number of piperidine rings is 1. The third kappa shape index (κ3) is 3.03. The fourth-order valence-corrected chi connectivity index (χ4v) is 3.33. The molecule has 5 nitrogen and oxygen atoms in total. The smallest absolute Gasteiger partial charge is 0.308 e. The van der Waals surface area contributed by atoms with Gasteiger partial charge in [0.2, 0.25) is 5.91 Å². The number of amides is 1. The zero-order valence-corrected chi connectivity index (χ0v) is 14.4. The highest BCUT2D eigenvalue weighted by atomic mass is 16.5. The van der Waals surface area contributed by atoms with Gasteiger partial charge in [0.25, 0.3) is 0 Å². The van der Waals surface area contributed by atoms with E-state index in [4.69, 9.17) is 9.15 Å². The van der Waals surface area contributed by atoms with Gasteiger partial charge in [-0.05, 0) is 37.8 Å². The number of nitrogens with zero attached hydrogens (tertiary/aromatic N) is 1. The van der Waals surface area contributed by atoms with Gasteiger partial charge < -0.3 is 14.1 Å². The quantitative estimate of drug-likeness (QED) is 0.812. The first kappa shape index (κ1) is 16.6. The third-order valence-corrected chi connectivity index (χ3v) is 5.07. The van der Waals surface area contributed by atoms with Crippen LogP contribution in [0.15, 0.2) is 22.8 Å². The number of hydrogen-bond acceptors (Lipinski definition) is 4. The van der Waals surface area contributed by atoms with Crippen LogP contribution in [0, 0.1) is 19.8 Å². The standard InChI is InChI=1S/C19H23NO4/c1-12-4-5-16-15(11-24-18(16)13(12)2)10-17(21)20-8-6-14(7-9-20)19(22)23-3/h4-5,11,14H,6-10H2,1-3H3. The Morgan fingerprint density at radius 2 is 1.96 bits per heavy atom. The molecule has 1 aliphatic heterocycles. The van der Waals surface area contributed by atoms with Crippen LogP contribution in [0.3, 0.4) is 0 Å². The summed E-state index contributed by atoms with van der Waals surface area (Å²) in [6, 6.07) is 4.08. The van der Waals surface area contributed by atoms with Crippen LogP contribution in [0.25, 0.3) is 11.0 Å². The normalized spacial score (nSPS) is 15.7. The fraction of sp³-hybridized carbons (Fsp3) is 0.474. The summed E-state index contributed by atoms with van der Waals surface area (Å²) in [6.07, 6.45) is 3.36. The predicted octanol–water partition coefficient (Wildman–Crippen LogP) is 3.00. The first-order chi connectivity index (χ1) is 11.5. The molecule has 0 radical (unpaired) electrons. The lowest BCUT2D eigenvalue weighted by Gasteiger charge is -2.30. The second-order valence-corrected chi connectivity index (χ2v) is 6.50. The third-order valence-electron chi connectivity index (χ3n) is 5.07. The number of benzene rings is 1. The molecule has 1 aliphatic rings. The van der Waals surface area contributed by atoms with Crippen molar-refractivity contribution in [3.63, 3.8) is 0 Å². The number of ether oxygens (including phenoxy) is 1. The Morgan fingerprint density at radius 3 is 2.62 bits per heavy atom. The summed E-state index contributed by atoms with van der Waals surface area (Å²) in [5.74, 6) is -0.174. The maximum Gasteiger partial charge on any atom is 0.308 e. The zero-order valence-electron chi connectivity index (χ0n) is 14.4. The first-order valence-electron chi connectivity index (χ1n) is 8.33. The maximum absolute atomic E-state index is 12.6. The molecule has 0 spiro atoms. The second-order valence-electron chi connectivity index (χ2n) is 6.50. The molecular weight excluding hydrogens is 306 g/mol. The highest BCUT2D eigenvalue weighted by molar-refractivity contribution is 5.89. The van der Waals surface area contributed by atoms with Gasteiger partial charge in [0.05, 0.1) is 25.7 Å². The summed E-state index contributed by atoms with van der Waals surface area (Å²) in [4.78, 5) is 26.0. The van der Waals surface area contributed by atoms with Gasteiger partial charge >= 0.3 is 5.97 Å². The molecule has 0 unspecified atom stereocenters. The minimum atomic E-state index is -0.172. The fourth-order valence-electron chi connectivity index (χ4n) is 3.33. The van der Waals surface area contributed by atoms with E-state index < -0.39 is 0 Å². The van der Waals surface area contributed by atoms with E-state index in [1.54, 1.807) is 6.26 Å². The Kier molecular flexibility index (Phi) is 4.60. The van der Waals surface area contributed by atoms with E-state index in [0.29, 0.717) is 32.4 Å². The molecule has 0 atom stereocenters. The molecule has 2 heterocycles. The molecule has 1 aromatic heterocycles. The summed E-state index contributed by atoms with van der Waals surface area (Å²) in [7, 11) is 1.41. The first-order valence-corrected chi connectivity index (χ1v) is 8.33. The number of hydrogen-bond donors (Lipinski definition) is 0. The van der Waals surface area contributed by atoms with Crippen molar-refractivity contribution in [1.29, 1.82) is 0 Å². The molecule has 0 bridgehead atoms. The van der Waals surface area contributed by atoms with Crippen LogP contribution >= 0.6 is 0 Å². The molecule has 24 heavy (non-hydrogen) atoms. The summed E-state index contributed by atoms with van der Waals surface area (Å²) in [5, 5.41) is 1.01. The van der Waals surface area contributed by atoms with E-state index in [9.17, 15) is 9.59 Å². The minimum Gasteiger partial charge on any atom is -0.469 e. The highest BCUT2D eigenvalue weighted by Gasteiger charge is 2.28. The molecule has 0 N–H and O–H groups in total. The molecular formula is C19H23NO4.